The second-order valence-corrected chi connectivity index (χ2v) is 9.52. The van der Waals surface area contributed by atoms with E-state index < -0.39 is 4.92 Å². The van der Waals surface area contributed by atoms with Crippen molar-refractivity contribution in [1.82, 2.24) is 15.3 Å². The van der Waals surface area contributed by atoms with Crippen molar-refractivity contribution in [3.05, 3.63) is 38.4 Å². The van der Waals surface area contributed by atoms with E-state index in [1.807, 2.05) is 14.1 Å². The van der Waals surface area contributed by atoms with E-state index in [4.69, 9.17) is 9.97 Å². The average Bonchev–Trinajstić information content (AvgIpc) is 3.25. The molecule has 0 saturated heterocycles. The summed E-state index contributed by atoms with van der Waals surface area (Å²) in [6.07, 6.45) is 7.94. The molecule has 2 heterocycles. The molecular formula is C21H28N6O3S. The van der Waals surface area contributed by atoms with Crippen LogP contribution in [0.2, 0.25) is 0 Å². The largest absolute Gasteiger partial charge is 0.362 e. The number of aromatic nitrogens is 2. The minimum Gasteiger partial charge on any atom is -0.362 e. The number of amides is 1. The standard InChI is InChI=1S/C21H28N6O3S/c1-26(2)19-15-5-3-4-6-16(15)24-21(25-19)23-14-9-7-13(8-10-14)22-20(28)17-11-12-18(31-17)27(29)30/h11-14H,3-10H2,1-2H3,(H,22,28)(H,23,24,25). The SMILES string of the molecule is CN(C)c1nc(NC2CCC(NC(=O)c3ccc([N+](=O)[O-])s3)CC2)nc2c1CCCC2. The highest BCUT2D eigenvalue weighted by Gasteiger charge is 2.26. The van der Waals surface area contributed by atoms with Gasteiger partial charge in [0.25, 0.3) is 5.91 Å². The Labute approximate surface area is 185 Å². The van der Waals surface area contributed by atoms with E-state index >= 15 is 0 Å². The topological polar surface area (TPSA) is 113 Å². The maximum absolute atomic E-state index is 12.4. The van der Waals surface area contributed by atoms with Crippen LogP contribution in [0.3, 0.4) is 0 Å². The van der Waals surface area contributed by atoms with Gasteiger partial charge < -0.3 is 15.5 Å². The van der Waals surface area contributed by atoms with Gasteiger partial charge in [0.05, 0.1) is 15.5 Å². The van der Waals surface area contributed by atoms with E-state index in [9.17, 15) is 14.9 Å². The highest BCUT2D eigenvalue weighted by atomic mass is 32.1. The fourth-order valence-corrected chi connectivity index (χ4v) is 5.10. The summed E-state index contributed by atoms with van der Waals surface area (Å²) in [5, 5.41) is 17.3. The molecule has 0 aliphatic heterocycles. The Morgan fingerprint density at radius 2 is 1.84 bits per heavy atom. The molecule has 2 aliphatic rings. The number of nitrogens with zero attached hydrogens (tertiary/aromatic N) is 4. The van der Waals surface area contributed by atoms with E-state index in [2.05, 4.69) is 15.5 Å². The lowest BCUT2D eigenvalue weighted by Gasteiger charge is -2.30. The summed E-state index contributed by atoms with van der Waals surface area (Å²) in [6.45, 7) is 0. The molecule has 4 rings (SSSR count). The molecule has 2 aromatic rings. The van der Waals surface area contributed by atoms with Gasteiger partial charge in [-0.1, -0.05) is 11.3 Å². The molecule has 2 aromatic heterocycles. The van der Waals surface area contributed by atoms with E-state index in [0.717, 1.165) is 55.7 Å². The van der Waals surface area contributed by atoms with Crippen LogP contribution in [0.5, 0.6) is 0 Å². The molecule has 0 aromatic carbocycles. The Balaban J connectivity index is 1.33. The average molecular weight is 445 g/mol. The molecule has 10 heteroatoms. The van der Waals surface area contributed by atoms with Crippen molar-refractivity contribution in [2.24, 2.45) is 0 Å². The summed E-state index contributed by atoms with van der Waals surface area (Å²) in [4.78, 5) is 34.8. The maximum Gasteiger partial charge on any atom is 0.324 e. The zero-order chi connectivity index (χ0) is 22.0. The van der Waals surface area contributed by atoms with Crippen molar-refractivity contribution >= 4 is 34.0 Å². The molecule has 1 saturated carbocycles. The number of carbonyl (C=O) groups excluding carboxylic acids is 1. The van der Waals surface area contributed by atoms with Crippen LogP contribution in [0.15, 0.2) is 12.1 Å². The van der Waals surface area contributed by atoms with Gasteiger partial charge in [-0.15, -0.1) is 0 Å². The molecule has 0 spiro atoms. The van der Waals surface area contributed by atoms with Crippen LogP contribution in [0.1, 0.15) is 59.5 Å². The van der Waals surface area contributed by atoms with E-state index in [-0.39, 0.29) is 23.0 Å². The summed E-state index contributed by atoms with van der Waals surface area (Å²) in [5.74, 6) is 1.48. The van der Waals surface area contributed by atoms with Gasteiger partial charge in [-0.25, -0.2) is 4.98 Å². The van der Waals surface area contributed by atoms with Crippen LogP contribution in [0, 0.1) is 10.1 Å². The lowest BCUT2D eigenvalue weighted by molar-refractivity contribution is -0.380. The fraction of sp³-hybridized carbons (Fsp3) is 0.571. The van der Waals surface area contributed by atoms with Crippen LogP contribution in [0.4, 0.5) is 16.8 Å². The smallest absolute Gasteiger partial charge is 0.324 e. The molecule has 9 nitrogen and oxygen atoms in total. The summed E-state index contributed by atoms with van der Waals surface area (Å²) in [5.41, 5.74) is 2.44. The summed E-state index contributed by atoms with van der Waals surface area (Å²) < 4.78 is 0. The van der Waals surface area contributed by atoms with Crippen molar-refractivity contribution in [2.75, 3.05) is 24.3 Å². The number of nitro groups is 1. The van der Waals surface area contributed by atoms with Gasteiger partial charge in [0.2, 0.25) is 5.95 Å². The normalized spacial score (nSPS) is 20.6. The molecule has 0 bridgehead atoms. The van der Waals surface area contributed by atoms with Gasteiger partial charge in [0.15, 0.2) is 0 Å². The third-order valence-corrected chi connectivity index (χ3v) is 7.01. The van der Waals surface area contributed by atoms with Crippen molar-refractivity contribution in [3.63, 3.8) is 0 Å². The predicted octanol–water partition coefficient (Wildman–Crippen LogP) is 3.54. The molecule has 2 N–H and O–H groups in total. The molecule has 1 amide bonds. The number of anilines is 2. The number of aryl methyl sites for hydroxylation is 1. The van der Waals surface area contributed by atoms with E-state index in [0.29, 0.717) is 10.8 Å². The Morgan fingerprint density at radius 1 is 1.13 bits per heavy atom. The Bertz CT molecular complexity index is 968. The number of fused-ring (bicyclic) bond motifs is 1. The number of thiophene rings is 1. The van der Waals surface area contributed by atoms with Crippen molar-refractivity contribution in [3.8, 4) is 0 Å². The first-order valence-electron chi connectivity index (χ1n) is 10.8. The van der Waals surface area contributed by atoms with Gasteiger partial charge >= 0.3 is 5.00 Å². The van der Waals surface area contributed by atoms with Gasteiger partial charge in [-0.2, -0.15) is 4.98 Å². The Hall–Kier alpha value is -2.75. The zero-order valence-corrected chi connectivity index (χ0v) is 18.7. The third kappa shape index (κ3) is 4.95. The highest BCUT2D eigenvalue weighted by molar-refractivity contribution is 7.17. The minimum atomic E-state index is -0.469. The lowest BCUT2D eigenvalue weighted by Crippen LogP contribution is -2.40. The quantitative estimate of drug-likeness (QED) is 0.517. The molecule has 1 fully saturated rings. The van der Waals surface area contributed by atoms with Crippen molar-refractivity contribution < 1.29 is 9.72 Å². The Morgan fingerprint density at radius 3 is 2.52 bits per heavy atom. The predicted molar refractivity (Wildman–Crippen MR) is 121 cm³/mol. The van der Waals surface area contributed by atoms with Crippen LogP contribution in [0.25, 0.3) is 0 Å². The lowest BCUT2D eigenvalue weighted by atomic mass is 9.91. The molecule has 166 valence electrons. The van der Waals surface area contributed by atoms with Crippen molar-refractivity contribution in [2.45, 2.75) is 63.5 Å². The summed E-state index contributed by atoms with van der Waals surface area (Å²) in [6, 6.07) is 3.24. The molecule has 0 atom stereocenters. The molecule has 0 radical (unpaired) electrons. The van der Waals surface area contributed by atoms with Gasteiger partial charge in [-0.3, -0.25) is 14.9 Å². The number of rotatable bonds is 6. The van der Waals surface area contributed by atoms with Gasteiger partial charge in [0.1, 0.15) is 5.82 Å². The van der Waals surface area contributed by atoms with Crippen LogP contribution >= 0.6 is 11.3 Å². The number of hydrogen-bond donors (Lipinski definition) is 2. The number of hydrogen-bond acceptors (Lipinski definition) is 8. The second kappa shape index (κ2) is 9.17. The second-order valence-electron chi connectivity index (χ2n) is 8.46. The number of nitrogens with one attached hydrogen (secondary N) is 2. The fourth-order valence-electron chi connectivity index (χ4n) is 4.38. The van der Waals surface area contributed by atoms with Crippen LogP contribution in [-0.2, 0) is 12.8 Å². The van der Waals surface area contributed by atoms with Gasteiger partial charge in [-0.05, 0) is 57.4 Å². The van der Waals surface area contributed by atoms with Crippen LogP contribution in [-0.4, -0.2) is 47.0 Å². The molecule has 0 unspecified atom stereocenters. The molecule has 31 heavy (non-hydrogen) atoms. The first-order valence-corrected chi connectivity index (χ1v) is 11.6. The monoisotopic (exact) mass is 444 g/mol. The van der Waals surface area contributed by atoms with Crippen molar-refractivity contribution in [1.29, 1.82) is 0 Å². The van der Waals surface area contributed by atoms with Gasteiger partial charge in [0, 0.05) is 37.8 Å². The van der Waals surface area contributed by atoms with Crippen LogP contribution < -0.4 is 15.5 Å². The maximum atomic E-state index is 12.4. The highest BCUT2D eigenvalue weighted by Crippen LogP contribution is 2.30. The minimum absolute atomic E-state index is 0.0137. The zero-order valence-electron chi connectivity index (χ0n) is 17.9. The molecule has 2 aliphatic carbocycles. The third-order valence-electron chi connectivity index (χ3n) is 5.98. The Kier molecular flexibility index (Phi) is 6.35. The molecular weight excluding hydrogens is 416 g/mol. The summed E-state index contributed by atoms with van der Waals surface area (Å²) in [7, 11) is 4.05. The van der Waals surface area contributed by atoms with E-state index in [1.54, 1.807) is 0 Å². The number of carbonyl (C=O) groups is 1. The first kappa shape index (κ1) is 21.5. The first-order chi connectivity index (χ1) is 14.9. The van der Waals surface area contributed by atoms with E-state index in [1.165, 1.54) is 36.2 Å². The summed E-state index contributed by atoms with van der Waals surface area (Å²) >= 11 is 0.911.